The highest BCUT2D eigenvalue weighted by atomic mass is 19.1. The molecule has 0 atom stereocenters. The van der Waals surface area contributed by atoms with E-state index in [4.69, 9.17) is 4.42 Å². The van der Waals surface area contributed by atoms with Crippen molar-refractivity contribution in [2.45, 2.75) is 6.92 Å². The predicted octanol–water partition coefficient (Wildman–Crippen LogP) is 3.21. The Hall–Kier alpha value is -1.90. The zero-order valence-electron chi connectivity index (χ0n) is 8.16. The average Bonchev–Trinajstić information content (AvgIpc) is 2.66. The van der Waals surface area contributed by atoms with Crippen LogP contribution in [0.5, 0.6) is 0 Å². The summed E-state index contributed by atoms with van der Waals surface area (Å²) in [4.78, 5) is 10.4. The van der Waals surface area contributed by atoms with Crippen LogP contribution in [0.1, 0.15) is 16.1 Å². The molecule has 0 saturated heterocycles. The Morgan fingerprint density at radius 3 is 2.67 bits per heavy atom. The van der Waals surface area contributed by atoms with E-state index in [0.717, 1.165) is 11.1 Å². The summed E-state index contributed by atoms with van der Waals surface area (Å²) in [6, 6.07) is 7.72. The number of hydrogen-bond acceptors (Lipinski definition) is 2. The first-order valence-electron chi connectivity index (χ1n) is 4.52. The predicted molar refractivity (Wildman–Crippen MR) is 54.2 cm³/mol. The van der Waals surface area contributed by atoms with Crippen LogP contribution < -0.4 is 0 Å². The second-order valence-corrected chi connectivity index (χ2v) is 3.28. The van der Waals surface area contributed by atoms with Crippen molar-refractivity contribution in [1.82, 2.24) is 0 Å². The van der Waals surface area contributed by atoms with Crippen LogP contribution in [0, 0.1) is 12.7 Å². The third kappa shape index (κ3) is 1.81. The molecule has 0 unspecified atom stereocenters. The van der Waals surface area contributed by atoms with E-state index in [2.05, 4.69) is 0 Å². The summed E-state index contributed by atoms with van der Waals surface area (Å²) in [5.41, 5.74) is 1.58. The SMILES string of the molecule is Cc1cc(F)ccc1-c1ccc(C=O)o1. The molecule has 1 aromatic heterocycles. The highest BCUT2D eigenvalue weighted by molar-refractivity contribution is 5.73. The van der Waals surface area contributed by atoms with E-state index >= 15 is 0 Å². The number of carbonyl (C=O) groups excluding carboxylic acids is 1. The van der Waals surface area contributed by atoms with Crippen LogP contribution in [0.25, 0.3) is 11.3 Å². The van der Waals surface area contributed by atoms with Gasteiger partial charge in [0.25, 0.3) is 0 Å². The van der Waals surface area contributed by atoms with Gasteiger partial charge in [-0.15, -0.1) is 0 Å². The van der Waals surface area contributed by atoms with Gasteiger partial charge in [0.2, 0.25) is 0 Å². The van der Waals surface area contributed by atoms with Gasteiger partial charge >= 0.3 is 0 Å². The summed E-state index contributed by atoms with van der Waals surface area (Å²) >= 11 is 0. The summed E-state index contributed by atoms with van der Waals surface area (Å²) in [5, 5.41) is 0. The molecule has 0 saturated carbocycles. The first kappa shape index (κ1) is 9.65. The Morgan fingerprint density at radius 2 is 2.07 bits per heavy atom. The van der Waals surface area contributed by atoms with Gasteiger partial charge in [0.1, 0.15) is 11.6 Å². The summed E-state index contributed by atoms with van der Waals surface area (Å²) in [6.07, 6.45) is 0.641. The lowest BCUT2D eigenvalue weighted by atomic mass is 10.1. The number of rotatable bonds is 2. The van der Waals surface area contributed by atoms with Gasteiger partial charge in [-0.2, -0.15) is 0 Å². The molecule has 76 valence electrons. The fraction of sp³-hybridized carbons (Fsp3) is 0.0833. The normalized spacial score (nSPS) is 10.3. The Kier molecular flexibility index (Phi) is 2.37. The Bertz CT molecular complexity index is 500. The van der Waals surface area contributed by atoms with Crippen molar-refractivity contribution in [3.8, 4) is 11.3 Å². The van der Waals surface area contributed by atoms with Crippen molar-refractivity contribution in [2.24, 2.45) is 0 Å². The molecule has 0 radical (unpaired) electrons. The van der Waals surface area contributed by atoms with Crippen LogP contribution in [0.4, 0.5) is 4.39 Å². The molecular formula is C12H9FO2. The van der Waals surface area contributed by atoms with Crippen LogP contribution in [0.3, 0.4) is 0 Å². The van der Waals surface area contributed by atoms with Crippen molar-refractivity contribution in [1.29, 1.82) is 0 Å². The third-order valence-electron chi connectivity index (χ3n) is 2.20. The van der Waals surface area contributed by atoms with Gasteiger partial charge < -0.3 is 4.42 Å². The highest BCUT2D eigenvalue weighted by Gasteiger charge is 2.07. The topological polar surface area (TPSA) is 30.2 Å². The summed E-state index contributed by atoms with van der Waals surface area (Å²) in [7, 11) is 0. The number of carbonyl (C=O) groups is 1. The first-order valence-corrected chi connectivity index (χ1v) is 4.52. The van der Waals surface area contributed by atoms with E-state index in [0.29, 0.717) is 12.0 Å². The van der Waals surface area contributed by atoms with Gasteiger partial charge in [0.15, 0.2) is 12.0 Å². The summed E-state index contributed by atoms with van der Waals surface area (Å²) in [5.74, 6) is 0.571. The molecule has 2 aromatic rings. The van der Waals surface area contributed by atoms with Crippen LogP contribution in [-0.2, 0) is 0 Å². The molecule has 0 fully saturated rings. The van der Waals surface area contributed by atoms with Gasteiger partial charge in [-0.25, -0.2) is 4.39 Å². The summed E-state index contributed by atoms with van der Waals surface area (Å²) in [6.45, 7) is 1.79. The molecule has 1 aromatic carbocycles. The standard InChI is InChI=1S/C12H9FO2/c1-8-6-9(13)2-4-11(8)12-5-3-10(7-14)15-12/h2-7H,1H3. The van der Waals surface area contributed by atoms with Gasteiger partial charge in [-0.3, -0.25) is 4.79 Å². The molecule has 0 amide bonds. The van der Waals surface area contributed by atoms with E-state index in [-0.39, 0.29) is 11.6 Å². The lowest BCUT2D eigenvalue weighted by Crippen LogP contribution is -1.83. The maximum absolute atomic E-state index is 12.8. The molecule has 2 rings (SSSR count). The number of furan rings is 1. The smallest absolute Gasteiger partial charge is 0.185 e. The molecule has 0 bridgehead atoms. The monoisotopic (exact) mass is 204 g/mol. The van der Waals surface area contributed by atoms with E-state index in [1.54, 1.807) is 25.1 Å². The fourth-order valence-corrected chi connectivity index (χ4v) is 1.46. The van der Waals surface area contributed by atoms with E-state index < -0.39 is 0 Å². The molecular weight excluding hydrogens is 195 g/mol. The number of hydrogen-bond donors (Lipinski definition) is 0. The van der Waals surface area contributed by atoms with Gasteiger partial charge in [0, 0.05) is 5.56 Å². The zero-order valence-corrected chi connectivity index (χ0v) is 8.16. The van der Waals surface area contributed by atoms with E-state index in [9.17, 15) is 9.18 Å². The molecule has 0 spiro atoms. The fourth-order valence-electron chi connectivity index (χ4n) is 1.46. The van der Waals surface area contributed by atoms with Crippen molar-refractivity contribution in [3.05, 3.63) is 47.5 Å². The minimum absolute atomic E-state index is 0.272. The van der Waals surface area contributed by atoms with Crippen molar-refractivity contribution in [2.75, 3.05) is 0 Å². The molecule has 0 aliphatic heterocycles. The first-order chi connectivity index (χ1) is 7.20. The number of halogens is 1. The largest absolute Gasteiger partial charge is 0.453 e. The molecule has 0 N–H and O–H groups in total. The maximum Gasteiger partial charge on any atom is 0.185 e. The molecule has 0 aliphatic carbocycles. The van der Waals surface area contributed by atoms with Gasteiger partial charge in [0.05, 0.1) is 0 Å². The minimum Gasteiger partial charge on any atom is -0.453 e. The number of aldehydes is 1. The van der Waals surface area contributed by atoms with Gasteiger partial charge in [-0.05, 0) is 42.8 Å². The highest BCUT2D eigenvalue weighted by Crippen LogP contribution is 2.25. The van der Waals surface area contributed by atoms with E-state index in [1.165, 1.54) is 12.1 Å². The molecule has 1 heterocycles. The lowest BCUT2D eigenvalue weighted by Gasteiger charge is -2.01. The van der Waals surface area contributed by atoms with Crippen molar-refractivity contribution in [3.63, 3.8) is 0 Å². The molecule has 0 aliphatic rings. The van der Waals surface area contributed by atoms with Crippen LogP contribution in [0.2, 0.25) is 0 Å². The zero-order chi connectivity index (χ0) is 10.8. The molecule has 3 heteroatoms. The second-order valence-electron chi connectivity index (χ2n) is 3.28. The van der Waals surface area contributed by atoms with Crippen LogP contribution in [-0.4, -0.2) is 6.29 Å². The minimum atomic E-state index is -0.279. The van der Waals surface area contributed by atoms with Crippen LogP contribution >= 0.6 is 0 Å². The summed E-state index contributed by atoms with van der Waals surface area (Å²) < 4.78 is 18.1. The molecule has 15 heavy (non-hydrogen) atoms. The number of benzene rings is 1. The second kappa shape index (κ2) is 3.69. The van der Waals surface area contributed by atoms with Crippen LogP contribution in [0.15, 0.2) is 34.7 Å². The Labute approximate surface area is 86.3 Å². The van der Waals surface area contributed by atoms with E-state index in [1.807, 2.05) is 0 Å². The third-order valence-corrected chi connectivity index (χ3v) is 2.20. The average molecular weight is 204 g/mol. The van der Waals surface area contributed by atoms with Gasteiger partial charge in [-0.1, -0.05) is 0 Å². The number of aryl methyl sites for hydroxylation is 1. The Balaban J connectivity index is 2.49. The lowest BCUT2D eigenvalue weighted by molar-refractivity contribution is 0.110. The Morgan fingerprint density at radius 1 is 1.27 bits per heavy atom. The van der Waals surface area contributed by atoms with Crippen molar-refractivity contribution < 1.29 is 13.6 Å². The van der Waals surface area contributed by atoms with Crippen molar-refractivity contribution >= 4 is 6.29 Å². The molecule has 2 nitrogen and oxygen atoms in total. The maximum atomic E-state index is 12.8. The quantitative estimate of drug-likeness (QED) is 0.703.